The van der Waals surface area contributed by atoms with E-state index in [2.05, 4.69) is 16.3 Å². The van der Waals surface area contributed by atoms with E-state index in [1.54, 1.807) is 31.4 Å². The number of rotatable bonds is 6. The fourth-order valence-corrected chi connectivity index (χ4v) is 5.68. The monoisotopic (exact) mass is 538 g/mol. The second-order valence-corrected chi connectivity index (χ2v) is 9.96. The first-order chi connectivity index (χ1) is 19.5. The Labute approximate surface area is 231 Å². The van der Waals surface area contributed by atoms with Crippen molar-refractivity contribution >= 4 is 39.8 Å². The number of para-hydroxylation sites is 2. The molecule has 0 saturated heterocycles. The van der Waals surface area contributed by atoms with Gasteiger partial charge in [-0.15, -0.1) is 0 Å². The summed E-state index contributed by atoms with van der Waals surface area (Å²) in [4.78, 5) is 32.8. The lowest BCUT2D eigenvalue weighted by molar-refractivity contribution is 0.0997. The number of amides is 2. The second-order valence-electron chi connectivity index (χ2n) is 9.96. The molecular weight excluding hydrogens is 508 g/mol. The smallest absolute Gasteiger partial charge is 0.261 e. The number of nitrogens with one attached hydrogen (secondary N) is 1. The van der Waals surface area contributed by atoms with Crippen LogP contribution in [0.15, 0.2) is 64.0 Å². The van der Waals surface area contributed by atoms with Gasteiger partial charge in [-0.05, 0) is 73.7 Å². The Bertz CT molecular complexity index is 1720. The van der Waals surface area contributed by atoms with Crippen LogP contribution in [0.25, 0.3) is 11.0 Å². The fraction of sp³-hybridized carbons (Fsp3) is 0.258. The molecule has 0 radical (unpaired) electrons. The van der Waals surface area contributed by atoms with Gasteiger partial charge in [0.25, 0.3) is 5.91 Å². The molecule has 9 heteroatoms. The van der Waals surface area contributed by atoms with Crippen molar-refractivity contribution in [1.82, 2.24) is 0 Å². The SMILES string of the molecule is COc1ccc(C(N)=O)cc1N=c1oc2c3c4c(cc2cc1C(=O)Nc1ccccc1OC)CCCN4CCC3. The normalized spacial score (nSPS) is 14.6. The standard InChI is InChI=1S/C31H30N4O5/c1-38-25-10-4-3-9-23(25)33-30(37)22-16-20-15-18-7-5-13-35-14-6-8-21(27(18)35)28(20)40-31(22)34-24-17-19(29(32)36)11-12-26(24)39-2/h3-4,9-12,15-17H,5-8,13-14H2,1-2H3,(H2,32,36)(H,33,37). The number of fused-ring (bicyclic) bond motifs is 2. The minimum atomic E-state index is -0.597. The molecule has 0 spiro atoms. The van der Waals surface area contributed by atoms with E-state index < -0.39 is 11.8 Å². The summed E-state index contributed by atoms with van der Waals surface area (Å²) in [7, 11) is 3.06. The average molecular weight is 539 g/mol. The third-order valence-corrected chi connectivity index (χ3v) is 7.52. The Morgan fingerprint density at radius 3 is 2.52 bits per heavy atom. The van der Waals surface area contributed by atoms with Crippen molar-refractivity contribution in [1.29, 1.82) is 0 Å². The summed E-state index contributed by atoms with van der Waals surface area (Å²) in [5.41, 5.74) is 11.4. The van der Waals surface area contributed by atoms with Crippen molar-refractivity contribution in [2.75, 3.05) is 37.5 Å². The molecule has 0 atom stereocenters. The maximum Gasteiger partial charge on any atom is 0.261 e. The lowest BCUT2D eigenvalue weighted by Gasteiger charge is -2.37. The number of primary amides is 1. The number of hydrogen-bond donors (Lipinski definition) is 2. The minimum Gasteiger partial charge on any atom is -0.495 e. The zero-order valence-corrected chi connectivity index (χ0v) is 22.5. The van der Waals surface area contributed by atoms with Crippen LogP contribution in [-0.4, -0.2) is 39.1 Å². The highest BCUT2D eigenvalue weighted by atomic mass is 16.5. The van der Waals surface area contributed by atoms with Crippen LogP contribution in [0.4, 0.5) is 17.1 Å². The Hall–Kier alpha value is -4.79. The van der Waals surface area contributed by atoms with Crippen LogP contribution in [0.2, 0.25) is 0 Å². The highest BCUT2D eigenvalue weighted by Gasteiger charge is 2.27. The summed E-state index contributed by atoms with van der Waals surface area (Å²) >= 11 is 0. The van der Waals surface area contributed by atoms with Crippen molar-refractivity contribution in [2.24, 2.45) is 10.7 Å². The van der Waals surface area contributed by atoms with Gasteiger partial charge in [-0.25, -0.2) is 4.99 Å². The van der Waals surface area contributed by atoms with Crippen LogP contribution in [0.3, 0.4) is 0 Å². The Morgan fingerprint density at radius 1 is 0.975 bits per heavy atom. The molecule has 1 aromatic heterocycles. The van der Waals surface area contributed by atoms with Crippen molar-refractivity contribution in [3.05, 3.63) is 82.4 Å². The molecular formula is C31H30N4O5. The number of carbonyl (C=O) groups is 2. The maximum atomic E-state index is 13.8. The number of hydrogen-bond acceptors (Lipinski definition) is 7. The molecule has 0 unspecified atom stereocenters. The zero-order chi connectivity index (χ0) is 27.8. The van der Waals surface area contributed by atoms with Crippen LogP contribution in [0.5, 0.6) is 11.5 Å². The molecule has 3 aromatic carbocycles. The molecule has 2 aliphatic rings. The number of aryl methyl sites for hydroxylation is 2. The van der Waals surface area contributed by atoms with Gasteiger partial charge in [0.15, 0.2) is 0 Å². The van der Waals surface area contributed by atoms with Crippen LogP contribution in [0, 0.1) is 0 Å². The third-order valence-electron chi connectivity index (χ3n) is 7.52. The molecule has 2 amide bonds. The molecule has 3 heterocycles. The van der Waals surface area contributed by atoms with Crippen LogP contribution in [-0.2, 0) is 12.8 Å². The fourth-order valence-electron chi connectivity index (χ4n) is 5.68. The summed E-state index contributed by atoms with van der Waals surface area (Å²) in [6.07, 6.45) is 3.99. The molecule has 6 rings (SSSR count). The Balaban J connectivity index is 1.59. The predicted molar refractivity (Wildman–Crippen MR) is 153 cm³/mol. The highest BCUT2D eigenvalue weighted by molar-refractivity contribution is 6.06. The van der Waals surface area contributed by atoms with Crippen molar-refractivity contribution in [3.63, 3.8) is 0 Å². The van der Waals surface area contributed by atoms with E-state index in [-0.39, 0.29) is 16.7 Å². The predicted octanol–water partition coefficient (Wildman–Crippen LogP) is 4.73. The van der Waals surface area contributed by atoms with Crippen LogP contribution < -0.4 is 31.0 Å². The molecule has 0 aliphatic carbocycles. The molecule has 0 bridgehead atoms. The largest absolute Gasteiger partial charge is 0.495 e. The van der Waals surface area contributed by atoms with E-state index in [4.69, 9.17) is 24.6 Å². The first kappa shape index (κ1) is 25.5. The number of ether oxygens (including phenoxy) is 2. The molecule has 204 valence electrons. The van der Waals surface area contributed by atoms with E-state index in [9.17, 15) is 9.59 Å². The second kappa shape index (κ2) is 10.4. The molecule has 2 aliphatic heterocycles. The number of nitrogens with two attached hydrogens (primary N) is 1. The van der Waals surface area contributed by atoms with Crippen LogP contribution in [0.1, 0.15) is 44.7 Å². The topological polar surface area (TPSA) is 119 Å². The Morgan fingerprint density at radius 2 is 1.75 bits per heavy atom. The lowest BCUT2D eigenvalue weighted by atomic mass is 9.90. The van der Waals surface area contributed by atoms with Gasteiger partial charge in [0.1, 0.15) is 28.3 Å². The molecule has 0 saturated carbocycles. The number of anilines is 2. The number of methoxy groups -OCH3 is 2. The van der Waals surface area contributed by atoms with E-state index in [0.29, 0.717) is 28.5 Å². The Kier molecular flexibility index (Phi) is 6.63. The van der Waals surface area contributed by atoms with Crippen molar-refractivity contribution < 1.29 is 23.5 Å². The highest BCUT2D eigenvalue weighted by Crippen LogP contribution is 2.40. The summed E-state index contributed by atoms with van der Waals surface area (Å²) < 4.78 is 17.4. The van der Waals surface area contributed by atoms with E-state index in [0.717, 1.165) is 49.7 Å². The molecule has 4 aromatic rings. The number of nitrogens with zero attached hydrogens (tertiary/aromatic N) is 2. The quantitative estimate of drug-likeness (QED) is 0.366. The van der Waals surface area contributed by atoms with Gasteiger partial charge in [-0.1, -0.05) is 12.1 Å². The average Bonchev–Trinajstić information content (AvgIpc) is 2.97. The molecule has 9 nitrogen and oxygen atoms in total. The zero-order valence-electron chi connectivity index (χ0n) is 22.5. The van der Waals surface area contributed by atoms with Gasteiger partial charge >= 0.3 is 0 Å². The first-order valence-corrected chi connectivity index (χ1v) is 13.3. The first-order valence-electron chi connectivity index (χ1n) is 13.3. The van der Waals surface area contributed by atoms with E-state index in [1.807, 2.05) is 18.2 Å². The maximum absolute atomic E-state index is 13.8. The summed E-state index contributed by atoms with van der Waals surface area (Å²) in [6, 6.07) is 15.9. The van der Waals surface area contributed by atoms with E-state index in [1.165, 1.54) is 24.4 Å². The lowest BCUT2D eigenvalue weighted by Crippen LogP contribution is -2.34. The van der Waals surface area contributed by atoms with Crippen LogP contribution >= 0.6 is 0 Å². The van der Waals surface area contributed by atoms with E-state index >= 15 is 0 Å². The number of benzene rings is 3. The van der Waals surface area contributed by atoms with Crippen molar-refractivity contribution in [3.8, 4) is 11.5 Å². The summed E-state index contributed by atoms with van der Waals surface area (Å²) in [6.45, 7) is 2.05. The number of carbonyl (C=O) groups excluding carboxylic acids is 2. The van der Waals surface area contributed by atoms with Crippen molar-refractivity contribution in [2.45, 2.75) is 25.7 Å². The van der Waals surface area contributed by atoms with Gasteiger partial charge in [0.2, 0.25) is 11.5 Å². The molecule has 40 heavy (non-hydrogen) atoms. The van der Waals surface area contributed by atoms with Gasteiger partial charge in [-0.3, -0.25) is 9.59 Å². The minimum absolute atomic E-state index is 0.101. The molecule has 0 fully saturated rings. The van der Waals surface area contributed by atoms with Gasteiger partial charge in [-0.2, -0.15) is 0 Å². The van der Waals surface area contributed by atoms with Gasteiger partial charge in [0, 0.05) is 35.3 Å². The summed E-state index contributed by atoms with van der Waals surface area (Å²) in [5, 5.41) is 3.79. The third kappa shape index (κ3) is 4.53. The van der Waals surface area contributed by atoms with Gasteiger partial charge < -0.3 is 29.8 Å². The molecule has 3 N–H and O–H groups in total. The summed E-state index contributed by atoms with van der Waals surface area (Å²) in [5.74, 6) is -0.0671. The van der Waals surface area contributed by atoms with Gasteiger partial charge in [0.05, 0.1) is 19.9 Å².